The summed E-state index contributed by atoms with van der Waals surface area (Å²) in [7, 11) is 1.29. The molecular weight excluding hydrogens is 222 g/mol. The van der Waals surface area contributed by atoms with Gasteiger partial charge in [-0.2, -0.15) is 0 Å². The second kappa shape index (κ2) is 4.39. The van der Waals surface area contributed by atoms with Crippen LogP contribution in [0.2, 0.25) is 0 Å². The van der Waals surface area contributed by atoms with Gasteiger partial charge in [0.1, 0.15) is 11.1 Å². The highest BCUT2D eigenvalue weighted by molar-refractivity contribution is 5.90. The minimum absolute atomic E-state index is 0.0949. The fourth-order valence-electron chi connectivity index (χ4n) is 1.67. The van der Waals surface area contributed by atoms with Crippen molar-refractivity contribution in [1.29, 1.82) is 0 Å². The molecule has 0 aromatic carbocycles. The molecule has 2 atom stereocenters. The summed E-state index contributed by atoms with van der Waals surface area (Å²) in [5.41, 5.74) is -1.58. The number of esters is 1. The van der Waals surface area contributed by atoms with E-state index < -0.39 is 23.2 Å². The molecule has 0 aromatic rings. The van der Waals surface area contributed by atoms with Gasteiger partial charge < -0.3 is 14.8 Å². The van der Waals surface area contributed by atoms with E-state index in [2.05, 4.69) is 16.6 Å². The standard InChI is InChI=1S/C12H19NO4/c1-6-8-7-12(8,9(14)16-5)13-10(15)17-11(2,3)4/h6,8H,1,7H2,2-5H3,(H,13,15)/t8-,12+/m0/s1. The third-order valence-corrected chi connectivity index (χ3v) is 2.57. The summed E-state index contributed by atoms with van der Waals surface area (Å²) in [4.78, 5) is 23.2. The van der Waals surface area contributed by atoms with E-state index in [9.17, 15) is 9.59 Å². The Morgan fingerprint density at radius 2 is 2.06 bits per heavy atom. The monoisotopic (exact) mass is 241 g/mol. The molecule has 0 bridgehead atoms. The predicted molar refractivity (Wildman–Crippen MR) is 62.4 cm³/mol. The molecule has 0 radical (unpaired) electrons. The first-order valence-electron chi connectivity index (χ1n) is 5.47. The van der Waals surface area contributed by atoms with Crippen LogP contribution in [0.15, 0.2) is 12.7 Å². The molecule has 0 aromatic heterocycles. The molecule has 1 N–H and O–H groups in total. The molecule has 1 aliphatic rings. The first-order valence-corrected chi connectivity index (χ1v) is 5.47. The quantitative estimate of drug-likeness (QED) is 0.602. The Hall–Kier alpha value is -1.52. The Balaban J connectivity index is 2.68. The van der Waals surface area contributed by atoms with Crippen molar-refractivity contribution in [3.63, 3.8) is 0 Å². The van der Waals surface area contributed by atoms with Crippen LogP contribution in [0.5, 0.6) is 0 Å². The number of amides is 1. The van der Waals surface area contributed by atoms with Crippen LogP contribution < -0.4 is 5.32 Å². The van der Waals surface area contributed by atoms with Crippen molar-refractivity contribution in [1.82, 2.24) is 5.32 Å². The number of nitrogens with one attached hydrogen (secondary N) is 1. The molecule has 5 nitrogen and oxygen atoms in total. The molecule has 1 aliphatic carbocycles. The van der Waals surface area contributed by atoms with Crippen molar-refractivity contribution >= 4 is 12.1 Å². The van der Waals surface area contributed by atoms with Crippen molar-refractivity contribution in [2.24, 2.45) is 5.92 Å². The van der Waals surface area contributed by atoms with E-state index in [0.717, 1.165) is 0 Å². The van der Waals surface area contributed by atoms with Gasteiger partial charge in [0.15, 0.2) is 0 Å². The molecule has 1 rings (SSSR count). The fraction of sp³-hybridized carbons (Fsp3) is 0.667. The number of methoxy groups -OCH3 is 1. The Labute approximate surface area is 101 Å². The maximum Gasteiger partial charge on any atom is 0.408 e. The van der Waals surface area contributed by atoms with Gasteiger partial charge in [0, 0.05) is 5.92 Å². The molecule has 0 spiro atoms. The van der Waals surface area contributed by atoms with Gasteiger partial charge in [-0.1, -0.05) is 6.08 Å². The zero-order valence-electron chi connectivity index (χ0n) is 10.7. The molecule has 0 heterocycles. The van der Waals surface area contributed by atoms with E-state index >= 15 is 0 Å². The van der Waals surface area contributed by atoms with Gasteiger partial charge in [0.05, 0.1) is 7.11 Å². The maximum atomic E-state index is 11.6. The van der Waals surface area contributed by atoms with Gasteiger partial charge in [-0.05, 0) is 27.2 Å². The Kier molecular flexibility index (Phi) is 3.50. The Morgan fingerprint density at radius 3 is 2.41 bits per heavy atom. The van der Waals surface area contributed by atoms with Crippen LogP contribution in [-0.4, -0.2) is 30.3 Å². The predicted octanol–water partition coefficient (Wildman–Crippen LogP) is 1.63. The highest BCUT2D eigenvalue weighted by Gasteiger charge is 2.61. The van der Waals surface area contributed by atoms with Gasteiger partial charge >= 0.3 is 12.1 Å². The smallest absolute Gasteiger partial charge is 0.408 e. The highest BCUT2D eigenvalue weighted by atomic mass is 16.6. The highest BCUT2D eigenvalue weighted by Crippen LogP contribution is 2.45. The lowest BCUT2D eigenvalue weighted by molar-refractivity contribution is -0.144. The normalized spacial score (nSPS) is 26.9. The molecular formula is C12H19NO4. The van der Waals surface area contributed by atoms with E-state index in [1.807, 2.05) is 0 Å². The summed E-state index contributed by atoms with van der Waals surface area (Å²) < 4.78 is 9.79. The van der Waals surface area contributed by atoms with Crippen molar-refractivity contribution in [3.05, 3.63) is 12.7 Å². The lowest BCUT2D eigenvalue weighted by atomic mass is 10.2. The summed E-state index contributed by atoms with van der Waals surface area (Å²) in [6.07, 6.45) is 1.52. The van der Waals surface area contributed by atoms with Crippen LogP contribution in [0.25, 0.3) is 0 Å². The summed E-state index contributed by atoms with van der Waals surface area (Å²) in [5.74, 6) is -0.560. The van der Waals surface area contributed by atoms with Gasteiger partial charge in [0.2, 0.25) is 0 Å². The van der Waals surface area contributed by atoms with E-state index in [0.29, 0.717) is 6.42 Å². The number of carbonyl (C=O) groups excluding carboxylic acids is 2. The first-order chi connectivity index (χ1) is 7.75. The molecule has 0 unspecified atom stereocenters. The molecule has 1 saturated carbocycles. The summed E-state index contributed by atoms with van der Waals surface area (Å²) in [6.45, 7) is 8.89. The lowest BCUT2D eigenvalue weighted by Gasteiger charge is -2.22. The third kappa shape index (κ3) is 2.99. The Morgan fingerprint density at radius 1 is 1.47 bits per heavy atom. The molecule has 17 heavy (non-hydrogen) atoms. The van der Waals surface area contributed by atoms with Crippen LogP contribution in [-0.2, 0) is 14.3 Å². The molecule has 5 heteroatoms. The van der Waals surface area contributed by atoms with Crippen LogP contribution in [0.3, 0.4) is 0 Å². The average Bonchev–Trinajstić information content (AvgIpc) is 2.88. The first kappa shape index (κ1) is 13.5. The Bertz CT molecular complexity index is 345. The van der Waals surface area contributed by atoms with Crippen LogP contribution >= 0.6 is 0 Å². The van der Waals surface area contributed by atoms with E-state index in [1.54, 1.807) is 26.8 Å². The van der Waals surface area contributed by atoms with Gasteiger partial charge in [-0.15, -0.1) is 6.58 Å². The number of alkyl carbamates (subject to hydrolysis) is 1. The maximum absolute atomic E-state index is 11.6. The molecule has 0 saturated heterocycles. The molecule has 96 valence electrons. The minimum Gasteiger partial charge on any atom is -0.467 e. The average molecular weight is 241 g/mol. The van der Waals surface area contributed by atoms with Crippen molar-refractivity contribution in [2.75, 3.05) is 7.11 Å². The van der Waals surface area contributed by atoms with Crippen molar-refractivity contribution in [2.45, 2.75) is 38.3 Å². The zero-order valence-corrected chi connectivity index (χ0v) is 10.7. The second-order valence-electron chi connectivity index (χ2n) is 5.14. The molecule has 1 fully saturated rings. The topological polar surface area (TPSA) is 64.6 Å². The van der Waals surface area contributed by atoms with E-state index in [1.165, 1.54) is 7.11 Å². The third-order valence-electron chi connectivity index (χ3n) is 2.57. The second-order valence-corrected chi connectivity index (χ2v) is 5.14. The van der Waals surface area contributed by atoms with E-state index in [-0.39, 0.29) is 5.92 Å². The lowest BCUT2D eigenvalue weighted by Crippen LogP contribution is -2.47. The van der Waals surface area contributed by atoms with E-state index in [4.69, 9.17) is 4.74 Å². The van der Waals surface area contributed by atoms with Crippen LogP contribution in [0.1, 0.15) is 27.2 Å². The molecule has 1 amide bonds. The largest absolute Gasteiger partial charge is 0.467 e. The van der Waals surface area contributed by atoms with Crippen LogP contribution in [0, 0.1) is 5.92 Å². The number of hydrogen-bond acceptors (Lipinski definition) is 4. The number of rotatable bonds is 3. The number of ether oxygens (including phenoxy) is 2. The van der Waals surface area contributed by atoms with Crippen molar-refractivity contribution < 1.29 is 19.1 Å². The van der Waals surface area contributed by atoms with Crippen LogP contribution in [0.4, 0.5) is 4.79 Å². The SMILES string of the molecule is C=C[C@H]1C[C@]1(NC(=O)OC(C)(C)C)C(=O)OC. The summed E-state index contributed by atoms with van der Waals surface area (Å²) >= 11 is 0. The fourth-order valence-corrected chi connectivity index (χ4v) is 1.67. The van der Waals surface area contributed by atoms with Gasteiger partial charge in [0.25, 0.3) is 0 Å². The van der Waals surface area contributed by atoms with Gasteiger partial charge in [-0.3, -0.25) is 0 Å². The number of carbonyl (C=O) groups is 2. The minimum atomic E-state index is -0.987. The zero-order chi connectivity index (χ0) is 13.3. The summed E-state index contributed by atoms with van der Waals surface area (Å²) in [6, 6.07) is 0. The van der Waals surface area contributed by atoms with Gasteiger partial charge in [-0.25, -0.2) is 9.59 Å². The molecule has 0 aliphatic heterocycles. The summed E-state index contributed by atoms with van der Waals surface area (Å²) in [5, 5.41) is 2.57. The van der Waals surface area contributed by atoms with Crippen molar-refractivity contribution in [3.8, 4) is 0 Å². The number of hydrogen-bond donors (Lipinski definition) is 1.